The molecule has 1 aliphatic heterocycles. The van der Waals surface area contributed by atoms with Gasteiger partial charge in [-0.2, -0.15) is 0 Å². The Morgan fingerprint density at radius 3 is 3.05 bits per heavy atom. The normalized spacial score (nSPS) is 18.1. The highest BCUT2D eigenvalue weighted by molar-refractivity contribution is 5.99. The minimum absolute atomic E-state index is 0.183. The molecule has 2 rings (SSSR count). The first-order valence-corrected chi connectivity index (χ1v) is 6.76. The van der Waals surface area contributed by atoms with E-state index in [1.165, 1.54) is 11.0 Å². The summed E-state index contributed by atoms with van der Waals surface area (Å²) in [5.41, 5.74) is 7.15. The van der Waals surface area contributed by atoms with Crippen molar-refractivity contribution in [1.82, 2.24) is 4.90 Å². The van der Waals surface area contributed by atoms with Gasteiger partial charge >= 0.3 is 0 Å². The molecule has 1 aliphatic rings. The molecule has 0 radical (unpaired) electrons. The third-order valence-electron chi connectivity index (χ3n) is 3.32. The third kappa shape index (κ3) is 3.68. The summed E-state index contributed by atoms with van der Waals surface area (Å²) in [7, 11) is 0. The molecule has 112 valence electrons. The van der Waals surface area contributed by atoms with Gasteiger partial charge in [0, 0.05) is 18.8 Å². The van der Waals surface area contributed by atoms with Gasteiger partial charge in [-0.05, 0) is 23.8 Å². The number of hydrogen-bond acceptors (Lipinski definition) is 4. The molecule has 0 saturated carbocycles. The topological polar surface area (TPSA) is 84.7 Å². The lowest BCUT2D eigenvalue weighted by Crippen LogP contribution is -2.53. The van der Waals surface area contributed by atoms with Gasteiger partial charge in [0.1, 0.15) is 6.04 Å². The molecule has 0 spiro atoms. The fraction of sp³-hybridized carbons (Fsp3) is 0.333. The van der Waals surface area contributed by atoms with Crippen molar-refractivity contribution >= 4 is 17.5 Å². The Balaban J connectivity index is 2.09. The van der Waals surface area contributed by atoms with E-state index in [1.807, 2.05) is 12.1 Å². The highest BCUT2D eigenvalue weighted by Crippen LogP contribution is 2.14. The Bertz CT molecular complexity index is 545. The van der Waals surface area contributed by atoms with E-state index in [-0.39, 0.29) is 18.4 Å². The van der Waals surface area contributed by atoms with E-state index in [1.54, 1.807) is 12.1 Å². The number of ether oxygens (including phenoxy) is 1. The molecule has 0 aliphatic carbocycles. The summed E-state index contributed by atoms with van der Waals surface area (Å²) in [6, 6.07) is 6.64. The zero-order valence-electron chi connectivity index (χ0n) is 11.7. The van der Waals surface area contributed by atoms with E-state index in [0.717, 1.165) is 5.56 Å². The maximum atomic E-state index is 12.3. The van der Waals surface area contributed by atoms with Crippen LogP contribution in [-0.4, -0.2) is 42.5 Å². The standard InChI is InChI=1S/C15H19N3O3/c1-2-14(19)18-6-7-21-10-13(18)15(20)17-12-5-3-4-11(8-12)9-16/h2-5,8,13H,1,6-7,9-10,16H2,(H,17,20). The number of carbonyl (C=O) groups excluding carboxylic acids is 2. The van der Waals surface area contributed by atoms with Crippen LogP contribution in [0.2, 0.25) is 0 Å². The van der Waals surface area contributed by atoms with E-state index < -0.39 is 6.04 Å². The van der Waals surface area contributed by atoms with Crippen LogP contribution in [0.4, 0.5) is 5.69 Å². The minimum Gasteiger partial charge on any atom is -0.377 e. The van der Waals surface area contributed by atoms with Crippen LogP contribution < -0.4 is 11.1 Å². The van der Waals surface area contributed by atoms with Crippen LogP contribution in [0.5, 0.6) is 0 Å². The fourth-order valence-electron chi connectivity index (χ4n) is 2.20. The molecule has 6 heteroatoms. The number of nitrogens with one attached hydrogen (secondary N) is 1. The summed E-state index contributed by atoms with van der Waals surface area (Å²) < 4.78 is 5.30. The molecule has 3 N–H and O–H groups in total. The summed E-state index contributed by atoms with van der Waals surface area (Å²) in [6.45, 7) is 4.84. The number of benzene rings is 1. The minimum atomic E-state index is -0.647. The lowest BCUT2D eigenvalue weighted by Gasteiger charge is -2.33. The number of nitrogens with two attached hydrogens (primary N) is 1. The molecular weight excluding hydrogens is 270 g/mol. The number of nitrogens with zero attached hydrogens (tertiary/aromatic N) is 1. The van der Waals surface area contributed by atoms with Crippen molar-refractivity contribution < 1.29 is 14.3 Å². The molecule has 0 aromatic heterocycles. The molecule has 1 unspecified atom stereocenters. The summed E-state index contributed by atoms with van der Waals surface area (Å²) in [6.07, 6.45) is 1.21. The van der Waals surface area contributed by atoms with Crippen LogP contribution in [0.25, 0.3) is 0 Å². The third-order valence-corrected chi connectivity index (χ3v) is 3.32. The quantitative estimate of drug-likeness (QED) is 0.790. The predicted molar refractivity (Wildman–Crippen MR) is 79.5 cm³/mol. The maximum absolute atomic E-state index is 12.3. The number of hydrogen-bond donors (Lipinski definition) is 2. The Labute approximate surface area is 123 Å². The van der Waals surface area contributed by atoms with Crippen molar-refractivity contribution in [3.05, 3.63) is 42.5 Å². The van der Waals surface area contributed by atoms with Gasteiger partial charge in [0.25, 0.3) is 0 Å². The Kier molecular flexibility index (Phi) is 5.08. The molecule has 1 atom stereocenters. The first kappa shape index (κ1) is 15.2. The molecule has 0 bridgehead atoms. The number of amides is 2. The van der Waals surface area contributed by atoms with Gasteiger partial charge in [0.15, 0.2) is 0 Å². The van der Waals surface area contributed by atoms with Gasteiger partial charge in [-0.3, -0.25) is 9.59 Å². The summed E-state index contributed by atoms with van der Waals surface area (Å²) in [4.78, 5) is 25.6. The van der Waals surface area contributed by atoms with E-state index in [2.05, 4.69) is 11.9 Å². The van der Waals surface area contributed by atoms with Crippen molar-refractivity contribution in [2.24, 2.45) is 5.73 Å². The molecule has 1 heterocycles. The van der Waals surface area contributed by atoms with E-state index in [9.17, 15) is 9.59 Å². The average molecular weight is 289 g/mol. The van der Waals surface area contributed by atoms with Gasteiger partial charge in [-0.25, -0.2) is 0 Å². The SMILES string of the molecule is C=CC(=O)N1CCOCC1C(=O)Nc1cccc(CN)c1. The van der Waals surface area contributed by atoms with Crippen molar-refractivity contribution in [2.45, 2.75) is 12.6 Å². The van der Waals surface area contributed by atoms with Crippen LogP contribution >= 0.6 is 0 Å². The molecule has 1 aromatic rings. The highest BCUT2D eigenvalue weighted by Gasteiger charge is 2.31. The van der Waals surface area contributed by atoms with Crippen LogP contribution in [0.3, 0.4) is 0 Å². The molecule has 21 heavy (non-hydrogen) atoms. The monoisotopic (exact) mass is 289 g/mol. The summed E-state index contributed by atoms with van der Waals surface area (Å²) in [5.74, 6) is -0.548. The zero-order valence-corrected chi connectivity index (χ0v) is 11.7. The first-order chi connectivity index (χ1) is 10.2. The van der Waals surface area contributed by atoms with Crippen LogP contribution in [0, 0.1) is 0 Å². The second-order valence-corrected chi connectivity index (χ2v) is 4.72. The first-order valence-electron chi connectivity index (χ1n) is 6.76. The van der Waals surface area contributed by atoms with Crippen molar-refractivity contribution in [2.75, 3.05) is 25.1 Å². The second kappa shape index (κ2) is 7.01. The van der Waals surface area contributed by atoms with Crippen molar-refractivity contribution in [3.63, 3.8) is 0 Å². The molecule has 1 saturated heterocycles. The smallest absolute Gasteiger partial charge is 0.249 e. The van der Waals surface area contributed by atoms with E-state index in [0.29, 0.717) is 25.4 Å². The maximum Gasteiger partial charge on any atom is 0.249 e. The van der Waals surface area contributed by atoms with Gasteiger partial charge in [-0.15, -0.1) is 0 Å². The van der Waals surface area contributed by atoms with Gasteiger partial charge in [0.05, 0.1) is 13.2 Å². The summed E-state index contributed by atoms with van der Waals surface area (Å²) in [5, 5.41) is 2.79. The molecule has 1 aromatic carbocycles. The summed E-state index contributed by atoms with van der Waals surface area (Å²) >= 11 is 0. The number of morpholine rings is 1. The average Bonchev–Trinajstić information content (AvgIpc) is 2.54. The molecule has 1 fully saturated rings. The number of anilines is 1. The van der Waals surface area contributed by atoms with E-state index in [4.69, 9.17) is 10.5 Å². The highest BCUT2D eigenvalue weighted by atomic mass is 16.5. The van der Waals surface area contributed by atoms with E-state index >= 15 is 0 Å². The molecule has 6 nitrogen and oxygen atoms in total. The number of rotatable bonds is 4. The van der Waals surface area contributed by atoms with Gasteiger partial charge in [-0.1, -0.05) is 18.7 Å². The second-order valence-electron chi connectivity index (χ2n) is 4.72. The fourth-order valence-corrected chi connectivity index (χ4v) is 2.20. The van der Waals surface area contributed by atoms with Crippen molar-refractivity contribution in [3.8, 4) is 0 Å². The molecule has 2 amide bonds. The molecular formula is C15H19N3O3. The van der Waals surface area contributed by atoms with Gasteiger partial charge < -0.3 is 20.7 Å². The largest absolute Gasteiger partial charge is 0.377 e. The predicted octanol–water partition coefficient (Wildman–Crippen LogP) is 0.497. The Hall–Kier alpha value is -2.18. The lowest BCUT2D eigenvalue weighted by atomic mass is 10.1. The van der Waals surface area contributed by atoms with Crippen LogP contribution in [-0.2, 0) is 20.9 Å². The van der Waals surface area contributed by atoms with Crippen LogP contribution in [0.1, 0.15) is 5.56 Å². The zero-order chi connectivity index (χ0) is 15.2. The van der Waals surface area contributed by atoms with Crippen molar-refractivity contribution in [1.29, 1.82) is 0 Å². The Morgan fingerprint density at radius 2 is 2.33 bits per heavy atom. The number of carbonyl (C=O) groups is 2. The van der Waals surface area contributed by atoms with Gasteiger partial charge in [0.2, 0.25) is 11.8 Å². The van der Waals surface area contributed by atoms with Crippen LogP contribution in [0.15, 0.2) is 36.9 Å². The lowest BCUT2D eigenvalue weighted by molar-refractivity contribution is -0.142. The Morgan fingerprint density at radius 1 is 1.52 bits per heavy atom.